The van der Waals surface area contributed by atoms with Crippen molar-refractivity contribution in [2.45, 2.75) is 122 Å². The largest absolute Gasteiger partial charge is 0.510 e. The van der Waals surface area contributed by atoms with E-state index in [9.17, 15) is 27.4 Å². The normalized spacial score (nSPS) is 24.2. The van der Waals surface area contributed by atoms with E-state index in [-0.39, 0.29) is 77.3 Å². The van der Waals surface area contributed by atoms with Crippen LogP contribution in [-0.2, 0) is 48.1 Å². The van der Waals surface area contributed by atoms with Crippen LogP contribution < -0.4 is 9.30 Å². The summed E-state index contributed by atoms with van der Waals surface area (Å²) >= 11 is 0. The van der Waals surface area contributed by atoms with Crippen molar-refractivity contribution < 1.29 is 89.3 Å². The average Bonchev–Trinajstić information content (AvgIpc) is 1.49. The molecule has 0 amide bonds. The molecule has 2 aliphatic rings. The third-order valence-electron chi connectivity index (χ3n) is 15.2. The second kappa shape index (κ2) is 20.3. The molecule has 5 nitrogen and oxygen atoms in total. The zero-order valence-electron chi connectivity index (χ0n) is 88.2. The van der Waals surface area contributed by atoms with Crippen LogP contribution in [0.1, 0.15) is 181 Å². The predicted octanol–water partition coefficient (Wildman–Crippen LogP) is 19.8. The predicted molar refractivity (Wildman–Crippen MR) is 346 cm³/mol. The van der Waals surface area contributed by atoms with E-state index in [1.807, 2.05) is 0 Å². The third kappa shape index (κ3) is 9.59. The SMILES string of the molecule is [2H]c1c([2H])c([2H])c(-c2ccc3c(c2)n(-c2[c-]c(Oc4[c-]c5c(cc4)c4ccccc4n5-c4cc(C([2H])([2H])[2H])c(-c5c([2H])c([2H])c([2H])c([2H])c5[2H])cn4)ccc2)[c-][n+]3-c2c(-c3c([2H])c([2H])c4c(c3[2H])C(C([2H])([2H])[2H])(C([2H])([2H])[2H])CC4(C([2H])([2H])[2H])C([2H])([2H])[2H])cc(C(C)(C)C)cc2-c2c([2H])c([2H])c3c(c2[2H])C(C([2H])([2H])[2H])(C([2H])([2H])[2H])CC3(C([2H])([2H])[2H])C([2H])([2H])[2H])c([2H])c1[2H].[Pt]. The van der Waals surface area contributed by atoms with E-state index in [0.717, 1.165) is 15.3 Å². The Morgan fingerprint density at radius 2 is 1.19 bits per heavy atom. The minimum absolute atomic E-state index is 0. The van der Waals surface area contributed by atoms with Crippen LogP contribution in [-0.4, -0.2) is 14.1 Å². The molecule has 0 unspecified atom stereocenters. The van der Waals surface area contributed by atoms with Gasteiger partial charge in [0.15, 0.2) is 0 Å². The Morgan fingerprint density at radius 3 is 1.82 bits per heavy atom. The van der Waals surface area contributed by atoms with Gasteiger partial charge in [0.25, 0.3) is 6.33 Å². The van der Waals surface area contributed by atoms with Crippen LogP contribution in [0.3, 0.4) is 0 Å². The van der Waals surface area contributed by atoms with Gasteiger partial charge in [-0.1, -0.05) is 220 Å². The topological polar surface area (TPSA) is 35.9 Å². The minimum Gasteiger partial charge on any atom is -0.510 e. The number of pyridine rings is 1. The summed E-state index contributed by atoms with van der Waals surface area (Å²) in [6.45, 7) is -30.8. The first-order valence-corrected chi connectivity index (χ1v) is 26.3. The van der Waals surface area contributed by atoms with Gasteiger partial charge in [0, 0.05) is 86.9 Å². The maximum absolute atomic E-state index is 10.6. The summed E-state index contributed by atoms with van der Waals surface area (Å²) in [5, 5.41) is 1.06. The Bertz CT molecular complexity index is 6400. The van der Waals surface area contributed by atoms with Crippen molar-refractivity contribution in [2.75, 3.05) is 0 Å². The zero-order valence-corrected chi connectivity index (χ0v) is 47.4. The molecule has 2 aliphatic carbocycles. The smallest absolute Gasteiger partial charge is 0.268 e. The van der Waals surface area contributed by atoms with Crippen LogP contribution in [0.25, 0.3) is 94.5 Å². The maximum atomic E-state index is 10.6. The summed E-state index contributed by atoms with van der Waals surface area (Å²) in [5.41, 5.74) is -28.2. The molecular weight excluding hydrogens is 1220 g/mol. The molecule has 6 heteroatoms. The van der Waals surface area contributed by atoms with Crippen LogP contribution in [0, 0.1) is 25.3 Å². The quantitative estimate of drug-likeness (QED) is 0.107. The Morgan fingerprint density at radius 1 is 0.565 bits per heavy atom. The fourth-order valence-corrected chi connectivity index (χ4v) is 11.3. The molecule has 9 aromatic carbocycles. The van der Waals surface area contributed by atoms with Gasteiger partial charge in [-0.3, -0.25) is 4.57 Å². The number of imidazole rings is 1. The zero-order chi connectivity index (χ0) is 94.7. The van der Waals surface area contributed by atoms with Gasteiger partial charge >= 0.3 is 0 Å². The first-order chi connectivity index (χ1) is 58.0. The number of rotatable bonds is 9. The van der Waals surface area contributed by atoms with Gasteiger partial charge in [0.05, 0.1) is 38.7 Å². The third-order valence-corrected chi connectivity index (χ3v) is 15.2. The Hall–Kier alpha value is -8.11. The molecule has 0 aliphatic heterocycles. The fourth-order valence-electron chi connectivity index (χ4n) is 11.3. The molecule has 0 saturated carbocycles. The van der Waals surface area contributed by atoms with E-state index in [4.69, 9.17) is 36.3 Å². The molecule has 0 N–H and O–H groups in total. The van der Waals surface area contributed by atoms with Crippen molar-refractivity contribution >= 4 is 32.8 Å². The number of benzene rings is 9. The number of para-hydroxylation sites is 1. The summed E-state index contributed by atoms with van der Waals surface area (Å²) in [4.78, 5) is 4.64. The number of hydrogen-bond donors (Lipinski definition) is 0. The maximum Gasteiger partial charge on any atom is 0.268 e. The van der Waals surface area contributed by atoms with Crippen molar-refractivity contribution in [2.24, 2.45) is 0 Å². The second-order valence-electron chi connectivity index (χ2n) is 22.1. The number of nitrogens with zero attached hydrogens (tertiary/aromatic N) is 4. The molecule has 426 valence electrons. The van der Waals surface area contributed by atoms with Gasteiger partial charge in [-0.15, -0.1) is 29.7 Å². The van der Waals surface area contributed by atoms with E-state index < -0.39 is 265 Å². The standard InChI is InChI=1S/C79H72N4O.Pt/c1-50-38-73(80-46-64(50)52-24-17-14-18-25-52)83-69-29-20-19-28-60(69)61-34-33-59(45-71(61)83)84-58-27-21-26-57(44-58)81-49-82(70-37-32-53(41-72(70)81)51-22-15-13-16-23-51)74-62(54-30-35-65-67(39-54)78(9,10)47-76(65,5)6)42-56(75(2,3)4)43-63(74)55-31-36-66-68(40-55)79(11,12)48-77(66,7)8;/h13-43,46H,47-48H2,1-12H3;/q-2;/i1D3,5D3,6D3,7D3,8D3,9D3,10D3,11D3,12D3,13D,14D,15D,16D,17D,18D,22D,23D,24D,25D,30D,31D,35D,36D,39D,40D;. The first kappa shape index (κ1) is 25.5. The van der Waals surface area contributed by atoms with Crippen LogP contribution in [0.15, 0.2) is 194 Å². The van der Waals surface area contributed by atoms with Gasteiger partial charge in [-0.05, 0) is 148 Å². The Kier molecular flexibility index (Phi) is 6.07. The number of ether oxygens (including phenoxy) is 1. The molecule has 0 radical (unpaired) electrons. The summed E-state index contributed by atoms with van der Waals surface area (Å²) in [5.74, 6) is -0.359. The molecule has 0 spiro atoms. The van der Waals surface area contributed by atoms with Crippen LogP contribution in [0.2, 0.25) is 0 Å². The van der Waals surface area contributed by atoms with Crippen LogP contribution in [0.4, 0.5) is 0 Å². The van der Waals surface area contributed by atoms with Crippen LogP contribution >= 0.6 is 0 Å². The van der Waals surface area contributed by atoms with E-state index in [1.165, 1.54) is 86.0 Å². The number of aromatic nitrogens is 4. The molecule has 3 aromatic heterocycles. The van der Waals surface area contributed by atoms with E-state index >= 15 is 0 Å². The minimum atomic E-state index is -4.09. The van der Waals surface area contributed by atoms with Crippen molar-refractivity contribution in [3.8, 4) is 73.2 Å². The Balaban J connectivity index is 0.0000140. The summed E-state index contributed by atoms with van der Waals surface area (Å²) in [7, 11) is 0. The van der Waals surface area contributed by atoms with E-state index in [2.05, 4.69) is 23.4 Å². The fraction of sp³-hybridized carbons (Fsp3) is 0.241. The average molecular weight is 1330 g/mol. The van der Waals surface area contributed by atoms with Gasteiger partial charge in [0.2, 0.25) is 0 Å². The molecule has 0 atom stereocenters. The second-order valence-corrected chi connectivity index (χ2v) is 22.1. The molecule has 12 aromatic rings. The van der Waals surface area contributed by atoms with Gasteiger partial charge < -0.3 is 13.9 Å². The van der Waals surface area contributed by atoms with Crippen LogP contribution in [0.5, 0.6) is 11.5 Å². The molecule has 0 fully saturated rings. The van der Waals surface area contributed by atoms with Crippen molar-refractivity contribution in [3.05, 3.63) is 246 Å². The molecule has 0 bridgehead atoms. The molecule has 0 saturated heterocycles. The van der Waals surface area contributed by atoms with E-state index in [0.29, 0.717) is 16.3 Å². The number of fused-ring (bicyclic) bond motifs is 6. The van der Waals surface area contributed by atoms with Gasteiger partial charge in [0.1, 0.15) is 5.82 Å². The van der Waals surface area contributed by atoms with E-state index in [1.54, 1.807) is 30.3 Å². The molecule has 3 heterocycles. The van der Waals surface area contributed by atoms with Gasteiger partial charge in [-0.25, -0.2) is 4.98 Å². The summed E-state index contributed by atoms with van der Waals surface area (Å²) in [6, 6.07) is 11.7. The summed E-state index contributed by atoms with van der Waals surface area (Å²) < 4.78 is 403. The molecule has 14 rings (SSSR count). The summed E-state index contributed by atoms with van der Waals surface area (Å²) in [6.07, 6.45) is 0.447. The molecular formula is C79H72N4OPt-2. The number of hydrogen-bond acceptors (Lipinski definition) is 2. The van der Waals surface area contributed by atoms with Crippen molar-refractivity contribution in [3.63, 3.8) is 0 Å². The monoisotopic (exact) mass is 1330 g/mol. The van der Waals surface area contributed by atoms with Gasteiger partial charge in [-0.2, -0.15) is 18.2 Å². The Labute approximate surface area is 576 Å². The van der Waals surface area contributed by atoms with Crippen molar-refractivity contribution in [1.82, 2.24) is 14.1 Å². The molecule has 85 heavy (non-hydrogen) atoms. The van der Waals surface area contributed by atoms with Crippen molar-refractivity contribution in [1.29, 1.82) is 0 Å². The first-order valence-electron chi connectivity index (χ1n) is 47.8. The number of aryl methyl sites for hydroxylation is 1.